The maximum absolute atomic E-state index is 12.5. The number of thioether (sulfide) groups is 1. The summed E-state index contributed by atoms with van der Waals surface area (Å²) < 4.78 is 38.2. The van der Waals surface area contributed by atoms with Gasteiger partial charge in [-0.05, 0) is 47.8 Å². The van der Waals surface area contributed by atoms with E-state index in [1.54, 1.807) is 18.2 Å². The minimum atomic E-state index is -4.30. The number of anilines is 1. The standard InChI is InChI=1S/C13H11ClF3NS2/c1-8(9-6-12(14)19-7-9)18-10-4-2-3-5-11(10)20-13(15,16)17/h2-8,18H,1H3. The fourth-order valence-electron chi connectivity index (χ4n) is 1.67. The van der Waals surface area contributed by atoms with E-state index in [2.05, 4.69) is 5.32 Å². The molecule has 1 aromatic heterocycles. The van der Waals surface area contributed by atoms with Gasteiger partial charge in [-0.2, -0.15) is 13.2 Å². The van der Waals surface area contributed by atoms with Crippen molar-refractivity contribution < 1.29 is 13.2 Å². The smallest absolute Gasteiger partial charge is 0.378 e. The Kier molecular flexibility index (Phi) is 4.88. The molecule has 0 bridgehead atoms. The van der Waals surface area contributed by atoms with E-state index in [1.807, 2.05) is 18.4 Å². The molecule has 20 heavy (non-hydrogen) atoms. The summed E-state index contributed by atoms with van der Waals surface area (Å²) >= 11 is 7.15. The van der Waals surface area contributed by atoms with Gasteiger partial charge in [-0.1, -0.05) is 23.7 Å². The number of rotatable bonds is 4. The Balaban J connectivity index is 2.17. The van der Waals surface area contributed by atoms with Crippen LogP contribution in [0.4, 0.5) is 18.9 Å². The first-order valence-corrected chi connectivity index (χ1v) is 7.78. The summed E-state index contributed by atoms with van der Waals surface area (Å²) in [7, 11) is 0. The van der Waals surface area contributed by atoms with Crippen LogP contribution in [0.25, 0.3) is 0 Å². The highest BCUT2D eigenvalue weighted by Gasteiger charge is 2.30. The molecule has 1 nitrogen and oxygen atoms in total. The van der Waals surface area contributed by atoms with Crippen LogP contribution in [0.5, 0.6) is 0 Å². The van der Waals surface area contributed by atoms with E-state index in [1.165, 1.54) is 17.4 Å². The van der Waals surface area contributed by atoms with Crippen molar-refractivity contribution >= 4 is 40.4 Å². The molecule has 0 aliphatic rings. The van der Waals surface area contributed by atoms with Gasteiger partial charge in [0.1, 0.15) is 0 Å². The lowest BCUT2D eigenvalue weighted by Gasteiger charge is -2.17. The van der Waals surface area contributed by atoms with E-state index in [4.69, 9.17) is 11.6 Å². The lowest BCUT2D eigenvalue weighted by atomic mass is 10.1. The van der Waals surface area contributed by atoms with Crippen LogP contribution in [0.1, 0.15) is 18.5 Å². The Morgan fingerprint density at radius 2 is 2.00 bits per heavy atom. The molecule has 1 heterocycles. The Morgan fingerprint density at radius 1 is 1.30 bits per heavy atom. The Morgan fingerprint density at radius 3 is 2.60 bits per heavy atom. The van der Waals surface area contributed by atoms with Gasteiger partial charge in [-0.15, -0.1) is 11.3 Å². The Hall–Kier alpha value is -0.850. The number of nitrogens with one attached hydrogen (secondary N) is 1. The molecule has 0 amide bonds. The van der Waals surface area contributed by atoms with E-state index in [-0.39, 0.29) is 22.7 Å². The lowest BCUT2D eigenvalue weighted by Crippen LogP contribution is -2.08. The molecule has 7 heteroatoms. The van der Waals surface area contributed by atoms with Gasteiger partial charge in [0.2, 0.25) is 0 Å². The first-order chi connectivity index (χ1) is 9.35. The maximum Gasteiger partial charge on any atom is 0.446 e. The summed E-state index contributed by atoms with van der Waals surface area (Å²) in [6.45, 7) is 1.88. The summed E-state index contributed by atoms with van der Waals surface area (Å²) in [5.41, 5.74) is -2.89. The number of halogens is 4. The third kappa shape index (κ3) is 4.33. The highest BCUT2D eigenvalue weighted by atomic mass is 35.5. The fourth-order valence-corrected chi connectivity index (χ4v) is 3.28. The summed E-state index contributed by atoms with van der Waals surface area (Å²) in [4.78, 5) is 0.160. The molecule has 1 atom stereocenters. The molecule has 0 aliphatic carbocycles. The second kappa shape index (κ2) is 6.28. The fraction of sp³-hybridized carbons (Fsp3) is 0.231. The van der Waals surface area contributed by atoms with Crippen molar-refractivity contribution in [1.29, 1.82) is 0 Å². The molecular formula is C13H11ClF3NS2. The molecule has 0 aliphatic heterocycles. The molecule has 108 valence electrons. The first-order valence-electron chi connectivity index (χ1n) is 5.70. The molecule has 1 N–H and O–H groups in total. The number of hydrogen-bond acceptors (Lipinski definition) is 3. The summed E-state index contributed by atoms with van der Waals surface area (Å²) in [5.74, 6) is 0. The number of benzene rings is 1. The highest BCUT2D eigenvalue weighted by molar-refractivity contribution is 8.00. The van der Waals surface area contributed by atoms with E-state index >= 15 is 0 Å². The molecule has 0 saturated heterocycles. The van der Waals surface area contributed by atoms with Crippen LogP contribution < -0.4 is 5.32 Å². The minimum Gasteiger partial charge on any atom is -0.378 e. The average molecular weight is 338 g/mol. The van der Waals surface area contributed by atoms with Gasteiger partial charge < -0.3 is 5.32 Å². The molecule has 2 rings (SSSR count). The van der Waals surface area contributed by atoms with Crippen molar-refractivity contribution in [1.82, 2.24) is 0 Å². The Labute approximate surface area is 128 Å². The summed E-state index contributed by atoms with van der Waals surface area (Å²) in [5, 5.41) is 4.98. The topological polar surface area (TPSA) is 12.0 Å². The van der Waals surface area contributed by atoms with Crippen LogP contribution >= 0.6 is 34.7 Å². The van der Waals surface area contributed by atoms with Gasteiger partial charge in [0.25, 0.3) is 0 Å². The van der Waals surface area contributed by atoms with Gasteiger partial charge in [-0.3, -0.25) is 0 Å². The number of alkyl halides is 3. The van der Waals surface area contributed by atoms with Gasteiger partial charge >= 0.3 is 5.51 Å². The van der Waals surface area contributed by atoms with Crippen LogP contribution in [-0.4, -0.2) is 5.51 Å². The zero-order valence-corrected chi connectivity index (χ0v) is 12.8. The van der Waals surface area contributed by atoms with E-state index in [0.29, 0.717) is 10.0 Å². The van der Waals surface area contributed by atoms with Crippen LogP contribution in [0.2, 0.25) is 4.34 Å². The number of hydrogen-bond donors (Lipinski definition) is 1. The summed E-state index contributed by atoms with van der Waals surface area (Å²) in [6.07, 6.45) is 0. The Bertz CT molecular complexity index is 583. The van der Waals surface area contributed by atoms with Crippen molar-refractivity contribution in [3.8, 4) is 0 Å². The minimum absolute atomic E-state index is 0.116. The molecule has 2 aromatic rings. The van der Waals surface area contributed by atoms with Crippen LogP contribution in [0.3, 0.4) is 0 Å². The van der Waals surface area contributed by atoms with E-state index in [9.17, 15) is 13.2 Å². The van der Waals surface area contributed by atoms with Gasteiger partial charge in [0.05, 0.1) is 4.34 Å². The van der Waals surface area contributed by atoms with Crippen LogP contribution in [-0.2, 0) is 0 Å². The molecular weight excluding hydrogens is 327 g/mol. The van der Waals surface area contributed by atoms with Crippen molar-refractivity contribution in [3.05, 3.63) is 45.6 Å². The zero-order valence-electron chi connectivity index (χ0n) is 10.4. The van der Waals surface area contributed by atoms with Crippen LogP contribution in [0, 0.1) is 0 Å². The molecule has 0 radical (unpaired) electrons. The van der Waals surface area contributed by atoms with Gasteiger partial charge in [0.15, 0.2) is 0 Å². The number of para-hydroxylation sites is 1. The monoisotopic (exact) mass is 337 g/mol. The molecule has 1 unspecified atom stereocenters. The average Bonchev–Trinajstić information content (AvgIpc) is 2.77. The predicted molar refractivity (Wildman–Crippen MR) is 79.7 cm³/mol. The van der Waals surface area contributed by atoms with Crippen molar-refractivity contribution in [2.24, 2.45) is 0 Å². The number of thiophene rings is 1. The van der Waals surface area contributed by atoms with E-state index < -0.39 is 5.51 Å². The van der Waals surface area contributed by atoms with Crippen molar-refractivity contribution in [3.63, 3.8) is 0 Å². The van der Waals surface area contributed by atoms with Gasteiger partial charge in [0, 0.05) is 16.6 Å². The second-order valence-corrected chi connectivity index (χ2v) is 6.74. The van der Waals surface area contributed by atoms with Crippen molar-refractivity contribution in [2.45, 2.75) is 23.4 Å². The third-order valence-corrected chi connectivity index (χ3v) is 4.49. The molecule has 0 spiro atoms. The quantitative estimate of drug-likeness (QED) is 0.668. The third-order valence-electron chi connectivity index (χ3n) is 2.57. The van der Waals surface area contributed by atoms with Crippen molar-refractivity contribution in [2.75, 3.05) is 5.32 Å². The zero-order chi connectivity index (χ0) is 14.8. The molecule has 0 fully saturated rings. The highest BCUT2D eigenvalue weighted by Crippen LogP contribution is 2.41. The SMILES string of the molecule is CC(Nc1ccccc1SC(F)(F)F)c1csc(Cl)c1. The normalized spacial score (nSPS) is 13.2. The maximum atomic E-state index is 12.5. The van der Waals surface area contributed by atoms with E-state index in [0.717, 1.165) is 5.56 Å². The molecule has 0 saturated carbocycles. The lowest BCUT2D eigenvalue weighted by molar-refractivity contribution is -0.0327. The van der Waals surface area contributed by atoms with Crippen LogP contribution in [0.15, 0.2) is 40.6 Å². The predicted octanol–water partition coefficient (Wildman–Crippen LogP) is 6.19. The second-order valence-electron chi connectivity index (χ2n) is 4.09. The first kappa shape index (κ1) is 15.5. The largest absolute Gasteiger partial charge is 0.446 e. The van der Waals surface area contributed by atoms with Gasteiger partial charge in [-0.25, -0.2) is 0 Å². The summed E-state index contributed by atoms with van der Waals surface area (Å²) in [6, 6.07) is 8.07. The molecule has 1 aromatic carbocycles.